The van der Waals surface area contributed by atoms with Crippen LogP contribution in [0.25, 0.3) is 16.6 Å². The molecule has 0 atom stereocenters. The van der Waals surface area contributed by atoms with E-state index < -0.39 is 0 Å². The van der Waals surface area contributed by atoms with Crippen LogP contribution in [-0.2, 0) is 6.42 Å². The summed E-state index contributed by atoms with van der Waals surface area (Å²) in [7, 11) is 0. The summed E-state index contributed by atoms with van der Waals surface area (Å²) in [6, 6.07) is 16.0. The van der Waals surface area contributed by atoms with Gasteiger partial charge in [0.15, 0.2) is 0 Å². The van der Waals surface area contributed by atoms with Gasteiger partial charge in [0.05, 0.1) is 5.69 Å². The van der Waals surface area contributed by atoms with E-state index in [1.807, 2.05) is 62.5 Å². The van der Waals surface area contributed by atoms with Gasteiger partial charge in [-0.2, -0.15) is 0 Å². The second-order valence-electron chi connectivity index (χ2n) is 6.55. The standard InChI is InChI=1S/C21H21N5O/c1-14-7-3-6-10-19(14)26-15(2)24-20(25-26)21(27)22-12-11-16-13-23-18-9-5-4-8-17(16)18/h3-10,13,23H,11-12H2,1-2H3,(H,22,27). The summed E-state index contributed by atoms with van der Waals surface area (Å²) in [5.41, 5.74) is 4.30. The number of para-hydroxylation sites is 2. The predicted molar refractivity (Wildman–Crippen MR) is 105 cm³/mol. The molecule has 2 aromatic heterocycles. The van der Waals surface area contributed by atoms with Crippen LogP contribution in [0.4, 0.5) is 0 Å². The first-order valence-corrected chi connectivity index (χ1v) is 8.96. The molecule has 1 amide bonds. The first kappa shape index (κ1) is 17.0. The Bertz CT molecular complexity index is 1110. The van der Waals surface area contributed by atoms with Crippen LogP contribution in [0, 0.1) is 13.8 Å². The summed E-state index contributed by atoms with van der Waals surface area (Å²) in [5, 5.41) is 8.50. The number of fused-ring (bicyclic) bond motifs is 1. The minimum Gasteiger partial charge on any atom is -0.361 e. The Balaban J connectivity index is 1.45. The molecule has 6 heteroatoms. The molecule has 2 heterocycles. The normalized spacial score (nSPS) is 11.0. The summed E-state index contributed by atoms with van der Waals surface area (Å²) in [6.45, 7) is 4.39. The van der Waals surface area contributed by atoms with Crippen molar-refractivity contribution in [1.29, 1.82) is 0 Å². The average Bonchev–Trinajstić information content (AvgIpc) is 3.26. The Labute approximate surface area is 157 Å². The number of carbonyl (C=O) groups excluding carboxylic acids is 1. The van der Waals surface area contributed by atoms with Crippen molar-refractivity contribution in [2.45, 2.75) is 20.3 Å². The first-order chi connectivity index (χ1) is 13.1. The lowest BCUT2D eigenvalue weighted by molar-refractivity contribution is 0.0944. The number of H-pyrrole nitrogens is 1. The molecule has 0 saturated heterocycles. The third kappa shape index (κ3) is 3.33. The second-order valence-corrected chi connectivity index (χ2v) is 6.55. The van der Waals surface area contributed by atoms with Gasteiger partial charge in [0.25, 0.3) is 5.91 Å². The van der Waals surface area contributed by atoms with Crippen molar-refractivity contribution in [3.8, 4) is 5.69 Å². The topological polar surface area (TPSA) is 75.6 Å². The fourth-order valence-electron chi connectivity index (χ4n) is 3.24. The fourth-order valence-corrected chi connectivity index (χ4v) is 3.24. The van der Waals surface area contributed by atoms with Gasteiger partial charge >= 0.3 is 0 Å². The van der Waals surface area contributed by atoms with E-state index in [1.165, 1.54) is 10.9 Å². The molecule has 0 unspecified atom stereocenters. The molecule has 0 aliphatic heterocycles. The molecule has 0 saturated carbocycles. The number of carbonyl (C=O) groups is 1. The smallest absolute Gasteiger partial charge is 0.290 e. The van der Waals surface area contributed by atoms with Gasteiger partial charge in [-0.05, 0) is 43.5 Å². The lowest BCUT2D eigenvalue weighted by atomic mass is 10.1. The maximum Gasteiger partial charge on any atom is 0.290 e. The molecule has 4 aromatic rings. The monoisotopic (exact) mass is 359 g/mol. The summed E-state index contributed by atoms with van der Waals surface area (Å²) in [5.74, 6) is 0.617. The van der Waals surface area contributed by atoms with E-state index in [-0.39, 0.29) is 11.7 Å². The lowest BCUT2D eigenvalue weighted by Crippen LogP contribution is -2.26. The van der Waals surface area contributed by atoms with Gasteiger partial charge < -0.3 is 10.3 Å². The molecule has 27 heavy (non-hydrogen) atoms. The van der Waals surface area contributed by atoms with Crippen molar-refractivity contribution >= 4 is 16.8 Å². The average molecular weight is 359 g/mol. The number of aromatic amines is 1. The lowest BCUT2D eigenvalue weighted by Gasteiger charge is -2.05. The van der Waals surface area contributed by atoms with Crippen LogP contribution < -0.4 is 5.32 Å². The number of amides is 1. The number of nitrogens with one attached hydrogen (secondary N) is 2. The highest BCUT2D eigenvalue weighted by Gasteiger charge is 2.16. The minimum atomic E-state index is -0.259. The van der Waals surface area contributed by atoms with E-state index in [0.29, 0.717) is 12.4 Å². The molecular formula is C21H21N5O. The molecule has 2 N–H and O–H groups in total. The first-order valence-electron chi connectivity index (χ1n) is 8.96. The van der Waals surface area contributed by atoms with Crippen LogP contribution in [0.5, 0.6) is 0 Å². The van der Waals surface area contributed by atoms with Crippen LogP contribution in [-0.4, -0.2) is 32.2 Å². The number of benzene rings is 2. The van der Waals surface area contributed by atoms with Gasteiger partial charge in [0.2, 0.25) is 5.82 Å². The highest BCUT2D eigenvalue weighted by Crippen LogP contribution is 2.18. The Hall–Kier alpha value is -3.41. The molecular weight excluding hydrogens is 338 g/mol. The summed E-state index contributed by atoms with van der Waals surface area (Å²) >= 11 is 0. The zero-order chi connectivity index (χ0) is 18.8. The van der Waals surface area contributed by atoms with Gasteiger partial charge in [-0.15, -0.1) is 5.10 Å². The van der Waals surface area contributed by atoms with Gasteiger partial charge in [0, 0.05) is 23.6 Å². The third-order valence-corrected chi connectivity index (χ3v) is 4.67. The molecule has 0 aliphatic carbocycles. The van der Waals surface area contributed by atoms with Crippen molar-refractivity contribution in [2.75, 3.05) is 6.54 Å². The third-order valence-electron chi connectivity index (χ3n) is 4.67. The van der Waals surface area contributed by atoms with Crippen LogP contribution in [0.1, 0.15) is 27.6 Å². The van der Waals surface area contributed by atoms with E-state index in [4.69, 9.17) is 0 Å². The van der Waals surface area contributed by atoms with Gasteiger partial charge in [-0.25, -0.2) is 9.67 Å². The van der Waals surface area contributed by atoms with Crippen LogP contribution in [0.3, 0.4) is 0 Å². The van der Waals surface area contributed by atoms with E-state index in [1.54, 1.807) is 4.68 Å². The number of aryl methyl sites for hydroxylation is 2. The molecule has 6 nitrogen and oxygen atoms in total. The summed E-state index contributed by atoms with van der Waals surface area (Å²) in [4.78, 5) is 20.0. The maximum absolute atomic E-state index is 12.5. The molecule has 4 rings (SSSR count). The summed E-state index contributed by atoms with van der Waals surface area (Å²) < 4.78 is 1.71. The Morgan fingerprint density at radius 3 is 2.74 bits per heavy atom. The zero-order valence-electron chi connectivity index (χ0n) is 15.4. The summed E-state index contributed by atoms with van der Waals surface area (Å²) in [6.07, 6.45) is 2.74. The molecule has 0 fully saturated rings. The molecule has 136 valence electrons. The van der Waals surface area contributed by atoms with Crippen molar-refractivity contribution in [2.24, 2.45) is 0 Å². The van der Waals surface area contributed by atoms with E-state index in [2.05, 4.69) is 26.4 Å². The Morgan fingerprint density at radius 1 is 1.11 bits per heavy atom. The predicted octanol–water partition coefficient (Wildman–Crippen LogP) is 3.34. The van der Waals surface area contributed by atoms with Crippen LogP contribution in [0.15, 0.2) is 54.7 Å². The zero-order valence-corrected chi connectivity index (χ0v) is 15.4. The molecule has 0 spiro atoms. The highest BCUT2D eigenvalue weighted by atomic mass is 16.2. The molecule has 2 aromatic carbocycles. The Kier molecular flexibility index (Phi) is 4.46. The van der Waals surface area contributed by atoms with Crippen molar-refractivity contribution in [3.63, 3.8) is 0 Å². The van der Waals surface area contributed by atoms with Crippen molar-refractivity contribution in [1.82, 2.24) is 25.1 Å². The van der Waals surface area contributed by atoms with Gasteiger partial charge in [-0.3, -0.25) is 4.79 Å². The SMILES string of the molecule is Cc1ccccc1-n1nc(C(=O)NCCc2c[nH]c3ccccc23)nc1C. The van der Waals surface area contributed by atoms with E-state index >= 15 is 0 Å². The molecule has 0 aliphatic rings. The largest absolute Gasteiger partial charge is 0.361 e. The number of rotatable bonds is 5. The molecule has 0 radical (unpaired) electrons. The minimum absolute atomic E-state index is 0.190. The van der Waals surface area contributed by atoms with E-state index in [9.17, 15) is 4.79 Å². The molecule has 0 bridgehead atoms. The number of hydrogen-bond acceptors (Lipinski definition) is 3. The number of nitrogens with zero attached hydrogens (tertiary/aromatic N) is 3. The van der Waals surface area contributed by atoms with Crippen molar-refractivity contribution in [3.05, 3.63) is 77.5 Å². The Morgan fingerprint density at radius 2 is 1.89 bits per heavy atom. The highest BCUT2D eigenvalue weighted by molar-refractivity contribution is 5.90. The second kappa shape index (κ2) is 7.07. The van der Waals surface area contributed by atoms with Crippen molar-refractivity contribution < 1.29 is 4.79 Å². The van der Waals surface area contributed by atoms with Crippen LogP contribution in [0.2, 0.25) is 0 Å². The van der Waals surface area contributed by atoms with Gasteiger partial charge in [-0.1, -0.05) is 36.4 Å². The fraction of sp³-hybridized carbons (Fsp3) is 0.190. The van der Waals surface area contributed by atoms with Crippen LogP contribution >= 0.6 is 0 Å². The van der Waals surface area contributed by atoms with E-state index in [0.717, 1.165) is 23.2 Å². The number of aromatic nitrogens is 4. The maximum atomic E-state index is 12.5. The van der Waals surface area contributed by atoms with Gasteiger partial charge in [0.1, 0.15) is 5.82 Å². The quantitative estimate of drug-likeness (QED) is 0.574. The number of hydrogen-bond donors (Lipinski definition) is 2.